The van der Waals surface area contributed by atoms with Crippen LogP contribution in [0.5, 0.6) is 0 Å². The SMILES string of the molecule is CCC(C)C(C)C(C)[C@@H](C)C(C)C(C)C(C)C1CC[C@H]2CC1C1CC2C2CC1C1CC2C2CC1CCC2C1CCC(C)CC1P. The van der Waals surface area contributed by atoms with E-state index in [4.69, 9.17) is 0 Å². The molecule has 0 N–H and O–H groups in total. The fourth-order valence-electron chi connectivity index (χ4n) is 15.7. The molecular formula is C44H77P. The lowest BCUT2D eigenvalue weighted by Crippen LogP contribution is -2.60. The summed E-state index contributed by atoms with van der Waals surface area (Å²) in [5, 5.41) is 0. The van der Waals surface area contributed by atoms with Gasteiger partial charge < -0.3 is 0 Å². The molecule has 0 heterocycles. The third-order valence-electron chi connectivity index (χ3n) is 19.3. The fraction of sp³-hybridized carbons (Fsp3) is 1.00. The Morgan fingerprint density at radius 2 is 0.956 bits per heavy atom. The van der Waals surface area contributed by atoms with Gasteiger partial charge in [-0.2, -0.15) is 0 Å². The maximum absolute atomic E-state index is 3.38. The third-order valence-corrected chi connectivity index (χ3v) is 20.0. The highest BCUT2D eigenvalue weighted by Gasteiger charge is 2.62. The van der Waals surface area contributed by atoms with Crippen molar-refractivity contribution in [2.24, 2.45) is 124 Å². The molecule has 0 aromatic carbocycles. The van der Waals surface area contributed by atoms with Crippen LogP contribution >= 0.6 is 9.24 Å². The average Bonchev–Trinajstić information content (AvgIpc) is 3.05. The van der Waals surface area contributed by atoms with Gasteiger partial charge in [0.05, 0.1) is 0 Å². The van der Waals surface area contributed by atoms with Crippen molar-refractivity contribution in [3.05, 3.63) is 0 Å². The van der Waals surface area contributed by atoms with Crippen LogP contribution in [-0.2, 0) is 0 Å². The highest BCUT2D eigenvalue weighted by molar-refractivity contribution is 7.17. The zero-order valence-electron chi connectivity index (χ0n) is 31.5. The van der Waals surface area contributed by atoms with Crippen LogP contribution in [0.4, 0.5) is 0 Å². The quantitative estimate of drug-likeness (QED) is 0.174. The predicted octanol–water partition coefficient (Wildman–Crippen LogP) is 12.5. The first-order chi connectivity index (χ1) is 21.5. The second-order valence-corrected chi connectivity index (χ2v) is 21.1. The minimum atomic E-state index is 0.827. The molecule has 0 aromatic rings. The molecule has 0 aromatic heterocycles. The van der Waals surface area contributed by atoms with Crippen molar-refractivity contribution in [3.63, 3.8) is 0 Å². The molecule has 10 bridgehead atoms. The molecule has 7 fully saturated rings. The summed E-state index contributed by atoms with van der Waals surface area (Å²) >= 11 is 0. The average molecular weight is 637 g/mol. The molecule has 7 aliphatic rings. The van der Waals surface area contributed by atoms with Gasteiger partial charge in [0.25, 0.3) is 0 Å². The van der Waals surface area contributed by atoms with E-state index in [1.807, 2.05) is 0 Å². The van der Waals surface area contributed by atoms with Gasteiger partial charge in [-0.15, -0.1) is 9.24 Å². The van der Waals surface area contributed by atoms with Crippen LogP contribution in [0.25, 0.3) is 0 Å². The minimum absolute atomic E-state index is 0.827. The zero-order valence-corrected chi connectivity index (χ0v) is 32.6. The summed E-state index contributed by atoms with van der Waals surface area (Å²) in [7, 11) is 3.38. The van der Waals surface area contributed by atoms with E-state index in [0.717, 1.165) is 130 Å². The van der Waals surface area contributed by atoms with Gasteiger partial charge in [0.15, 0.2) is 0 Å². The summed E-state index contributed by atoms with van der Waals surface area (Å²) in [5.74, 6) is 21.0. The van der Waals surface area contributed by atoms with E-state index in [0.29, 0.717) is 0 Å². The molecule has 258 valence electrons. The standard InChI is InChI=1S/C44H77P/c1-10-24(3)25(4)26(5)27(6)28(7)29(8)30(9)33-15-12-31-18-38(33)42-20-36(31)41-22-40(42)37-21-43(41)39-19-32(37)13-16-34(39)35-14-11-23(2)17-44(35)45/h23-44H,10-22,45H2,1-9H3/t23?,24?,25?,26?,27-,28?,29?,30?,31+,32?,33?,34?,35?,36?,37?,38?,39?,40?,41?,42?,43?,44?/m1/s1. The molecule has 0 spiro atoms. The Morgan fingerprint density at radius 3 is 1.60 bits per heavy atom. The van der Waals surface area contributed by atoms with Crippen LogP contribution in [0.3, 0.4) is 0 Å². The molecule has 0 aliphatic heterocycles. The smallest absolute Gasteiger partial charge is 0.0231 e. The molecule has 45 heavy (non-hydrogen) atoms. The van der Waals surface area contributed by atoms with Crippen molar-refractivity contribution in [1.82, 2.24) is 0 Å². The molecule has 0 radical (unpaired) electrons. The van der Waals surface area contributed by atoms with Crippen molar-refractivity contribution < 1.29 is 0 Å². The summed E-state index contributed by atoms with van der Waals surface area (Å²) in [6, 6.07) is 0. The molecule has 0 nitrogen and oxygen atoms in total. The van der Waals surface area contributed by atoms with Crippen LogP contribution in [0, 0.1) is 124 Å². The van der Waals surface area contributed by atoms with Crippen LogP contribution in [-0.4, -0.2) is 5.66 Å². The lowest BCUT2D eigenvalue weighted by molar-refractivity contribution is -0.186. The maximum atomic E-state index is 3.38. The number of hydrogen-bond donors (Lipinski definition) is 0. The van der Waals surface area contributed by atoms with Gasteiger partial charge in [-0.1, -0.05) is 75.2 Å². The van der Waals surface area contributed by atoms with Crippen LogP contribution in [0.15, 0.2) is 0 Å². The van der Waals surface area contributed by atoms with E-state index in [9.17, 15) is 0 Å². The van der Waals surface area contributed by atoms with Gasteiger partial charge in [-0.3, -0.25) is 0 Å². The minimum Gasteiger partial charge on any atom is -0.134 e. The predicted molar refractivity (Wildman–Crippen MR) is 198 cm³/mol. The number of fused-ring (bicyclic) bond motifs is 18. The van der Waals surface area contributed by atoms with Gasteiger partial charge in [-0.05, 0) is 201 Å². The van der Waals surface area contributed by atoms with Crippen LogP contribution < -0.4 is 0 Å². The van der Waals surface area contributed by atoms with Crippen molar-refractivity contribution in [1.29, 1.82) is 0 Å². The Kier molecular flexibility index (Phi) is 10.0. The van der Waals surface area contributed by atoms with Gasteiger partial charge in [-0.25, -0.2) is 0 Å². The van der Waals surface area contributed by atoms with E-state index < -0.39 is 0 Å². The van der Waals surface area contributed by atoms with Crippen molar-refractivity contribution in [3.8, 4) is 0 Å². The summed E-state index contributed by atoms with van der Waals surface area (Å²) in [5.41, 5.74) is 0.910. The molecule has 7 saturated carbocycles. The van der Waals surface area contributed by atoms with Crippen molar-refractivity contribution in [2.45, 2.75) is 151 Å². The maximum Gasteiger partial charge on any atom is -0.0231 e. The second-order valence-electron chi connectivity index (χ2n) is 20.3. The zero-order chi connectivity index (χ0) is 31.9. The van der Waals surface area contributed by atoms with Crippen molar-refractivity contribution >= 4 is 9.24 Å². The first kappa shape index (κ1) is 33.9. The Morgan fingerprint density at radius 1 is 0.467 bits per heavy atom. The van der Waals surface area contributed by atoms with E-state index in [2.05, 4.69) is 71.6 Å². The Labute approximate surface area is 284 Å². The topological polar surface area (TPSA) is 0 Å². The summed E-state index contributed by atoms with van der Waals surface area (Å²) < 4.78 is 0. The lowest BCUT2D eigenvalue weighted by atomic mass is 9.37. The third kappa shape index (κ3) is 5.80. The normalized spacial score (nSPS) is 51.7. The summed E-state index contributed by atoms with van der Waals surface area (Å²) in [6.07, 6.45) is 20.6. The highest BCUT2D eigenvalue weighted by Crippen LogP contribution is 2.70. The number of hydrogen-bond acceptors (Lipinski definition) is 0. The van der Waals surface area contributed by atoms with Gasteiger partial charge in [0, 0.05) is 0 Å². The van der Waals surface area contributed by atoms with Gasteiger partial charge in [0.2, 0.25) is 0 Å². The van der Waals surface area contributed by atoms with E-state index in [-0.39, 0.29) is 0 Å². The van der Waals surface area contributed by atoms with E-state index >= 15 is 0 Å². The van der Waals surface area contributed by atoms with Crippen LogP contribution in [0.2, 0.25) is 0 Å². The molecule has 0 saturated heterocycles. The van der Waals surface area contributed by atoms with Crippen molar-refractivity contribution in [2.75, 3.05) is 0 Å². The molecule has 1 heteroatoms. The summed E-state index contributed by atoms with van der Waals surface area (Å²) in [4.78, 5) is 0. The molecule has 23 atom stereocenters. The monoisotopic (exact) mass is 637 g/mol. The Bertz CT molecular complexity index is 1000. The van der Waals surface area contributed by atoms with E-state index in [1.165, 1.54) is 19.3 Å². The van der Waals surface area contributed by atoms with Crippen LogP contribution in [0.1, 0.15) is 146 Å². The second kappa shape index (κ2) is 13.3. The molecule has 7 aliphatic carbocycles. The van der Waals surface area contributed by atoms with Gasteiger partial charge in [0.1, 0.15) is 0 Å². The van der Waals surface area contributed by atoms with E-state index in [1.54, 1.807) is 64.2 Å². The summed E-state index contributed by atoms with van der Waals surface area (Å²) in [6.45, 7) is 23.3. The fourth-order valence-corrected chi connectivity index (χ4v) is 16.6. The Balaban J connectivity index is 1.06. The lowest BCUT2D eigenvalue weighted by Gasteiger charge is -2.68. The van der Waals surface area contributed by atoms with Gasteiger partial charge >= 0.3 is 0 Å². The number of rotatable bonds is 9. The molecule has 0 amide bonds. The first-order valence-electron chi connectivity index (χ1n) is 21.2. The molecule has 21 unspecified atom stereocenters. The highest BCUT2D eigenvalue weighted by atomic mass is 31.0. The largest absolute Gasteiger partial charge is 0.134 e. The molecular weight excluding hydrogens is 559 g/mol. The molecule has 7 rings (SSSR count). The first-order valence-corrected chi connectivity index (χ1v) is 21.9. The Hall–Kier alpha value is 0.430.